The van der Waals surface area contributed by atoms with Gasteiger partial charge in [-0.1, -0.05) is 18.2 Å². The van der Waals surface area contributed by atoms with Crippen molar-refractivity contribution in [2.75, 3.05) is 32.4 Å². The molecule has 0 bridgehead atoms. The molecule has 0 atom stereocenters. The third-order valence-electron chi connectivity index (χ3n) is 5.13. The molecule has 1 aliphatic heterocycles. The van der Waals surface area contributed by atoms with E-state index in [1.165, 1.54) is 4.31 Å². The second-order valence-electron chi connectivity index (χ2n) is 7.08. The van der Waals surface area contributed by atoms with Crippen LogP contribution in [-0.4, -0.2) is 56.0 Å². The van der Waals surface area contributed by atoms with Crippen LogP contribution >= 0.6 is 11.8 Å². The Balaban J connectivity index is 1.69. The summed E-state index contributed by atoms with van der Waals surface area (Å²) in [5.74, 6) is 0.828. The van der Waals surface area contributed by atoms with Gasteiger partial charge in [0, 0.05) is 37.5 Å². The standard InChI is InChI=1S/C21H26N2O3S2/c1-16-7-8-20(13-17(16)2)28(25,26)23-11-9-22(10-12-23)21(24)19-6-4-5-18(14-19)15-27-3/h4-8,13-14H,9-12,15H2,1-3H3. The summed E-state index contributed by atoms with van der Waals surface area (Å²) in [6, 6.07) is 12.9. The lowest BCUT2D eigenvalue weighted by Crippen LogP contribution is -2.50. The quantitative estimate of drug-likeness (QED) is 0.748. The second-order valence-corrected chi connectivity index (χ2v) is 9.88. The largest absolute Gasteiger partial charge is 0.336 e. The Morgan fingerprint density at radius 2 is 1.71 bits per heavy atom. The number of carbonyl (C=O) groups excluding carboxylic acids is 1. The van der Waals surface area contributed by atoms with Gasteiger partial charge in [-0.15, -0.1) is 0 Å². The minimum Gasteiger partial charge on any atom is -0.336 e. The molecule has 0 unspecified atom stereocenters. The molecule has 0 spiro atoms. The molecule has 1 amide bonds. The fourth-order valence-electron chi connectivity index (χ4n) is 3.30. The van der Waals surface area contributed by atoms with Gasteiger partial charge in [-0.25, -0.2) is 8.42 Å². The smallest absolute Gasteiger partial charge is 0.253 e. The van der Waals surface area contributed by atoms with Crippen molar-refractivity contribution in [3.63, 3.8) is 0 Å². The number of hydrogen-bond donors (Lipinski definition) is 0. The predicted molar refractivity (Wildman–Crippen MR) is 114 cm³/mol. The first-order chi connectivity index (χ1) is 13.3. The Morgan fingerprint density at radius 1 is 1.00 bits per heavy atom. The molecule has 0 aromatic heterocycles. The van der Waals surface area contributed by atoms with Gasteiger partial charge in [-0.3, -0.25) is 4.79 Å². The van der Waals surface area contributed by atoms with E-state index in [0.717, 1.165) is 22.4 Å². The first-order valence-corrected chi connectivity index (χ1v) is 12.1. The number of thioether (sulfide) groups is 1. The van der Waals surface area contributed by atoms with Gasteiger partial charge in [0.05, 0.1) is 4.90 Å². The van der Waals surface area contributed by atoms with E-state index < -0.39 is 10.0 Å². The first-order valence-electron chi connectivity index (χ1n) is 9.27. The predicted octanol–water partition coefficient (Wildman–Crippen LogP) is 3.31. The van der Waals surface area contributed by atoms with Gasteiger partial charge in [0.1, 0.15) is 0 Å². The molecule has 1 saturated heterocycles. The summed E-state index contributed by atoms with van der Waals surface area (Å²) in [6.45, 7) is 5.29. The van der Waals surface area contributed by atoms with Gasteiger partial charge in [-0.05, 0) is 61.1 Å². The lowest BCUT2D eigenvalue weighted by molar-refractivity contribution is 0.0698. The molecule has 7 heteroatoms. The average molecular weight is 419 g/mol. The first kappa shape index (κ1) is 20.9. The zero-order valence-corrected chi connectivity index (χ0v) is 18.1. The Bertz CT molecular complexity index is 965. The summed E-state index contributed by atoms with van der Waals surface area (Å²) in [6.07, 6.45) is 2.03. The maximum atomic E-state index is 12.9. The Labute approximate surface area is 171 Å². The van der Waals surface area contributed by atoms with E-state index in [1.54, 1.807) is 28.8 Å². The van der Waals surface area contributed by atoms with Crippen molar-refractivity contribution in [2.24, 2.45) is 0 Å². The number of sulfonamides is 1. The molecule has 0 saturated carbocycles. The van der Waals surface area contributed by atoms with E-state index >= 15 is 0 Å². The number of hydrogen-bond acceptors (Lipinski definition) is 4. The number of benzene rings is 2. The van der Waals surface area contributed by atoms with Crippen molar-refractivity contribution in [1.82, 2.24) is 9.21 Å². The molecule has 1 heterocycles. The zero-order chi connectivity index (χ0) is 20.3. The van der Waals surface area contributed by atoms with Crippen molar-refractivity contribution in [3.8, 4) is 0 Å². The summed E-state index contributed by atoms with van der Waals surface area (Å²) < 4.78 is 27.3. The van der Waals surface area contributed by atoms with Gasteiger partial charge < -0.3 is 4.90 Å². The topological polar surface area (TPSA) is 57.7 Å². The number of piperazine rings is 1. The van der Waals surface area contributed by atoms with E-state index in [2.05, 4.69) is 0 Å². The summed E-state index contributed by atoms with van der Waals surface area (Å²) in [5, 5.41) is 0. The molecule has 3 rings (SSSR count). The highest BCUT2D eigenvalue weighted by Gasteiger charge is 2.30. The molecule has 28 heavy (non-hydrogen) atoms. The number of nitrogens with zero attached hydrogens (tertiary/aromatic N) is 2. The van der Waals surface area contributed by atoms with Crippen molar-refractivity contribution < 1.29 is 13.2 Å². The van der Waals surface area contributed by atoms with Crippen LogP contribution in [0, 0.1) is 13.8 Å². The van der Waals surface area contributed by atoms with Crippen molar-refractivity contribution in [2.45, 2.75) is 24.5 Å². The van der Waals surface area contributed by atoms with Crippen LogP contribution in [0.15, 0.2) is 47.4 Å². The molecule has 5 nitrogen and oxygen atoms in total. The van der Waals surface area contributed by atoms with E-state index in [4.69, 9.17) is 0 Å². The summed E-state index contributed by atoms with van der Waals surface area (Å²) >= 11 is 1.72. The summed E-state index contributed by atoms with van der Waals surface area (Å²) in [7, 11) is -3.54. The second kappa shape index (κ2) is 8.68. The van der Waals surface area contributed by atoms with Crippen molar-refractivity contribution in [3.05, 3.63) is 64.7 Å². The third kappa shape index (κ3) is 4.42. The zero-order valence-electron chi connectivity index (χ0n) is 16.5. The lowest BCUT2D eigenvalue weighted by atomic mass is 10.1. The van der Waals surface area contributed by atoms with Crippen LogP contribution in [0.25, 0.3) is 0 Å². The van der Waals surface area contributed by atoms with Crippen LogP contribution in [0.3, 0.4) is 0 Å². The molecule has 1 aliphatic rings. The molecule has 2 aromatic carbocycles. The van der Waals surface area contributed by atoms with Crippen LogP contribution in [0.2, 0.25) is 0 Å². The minimum atomic E-state index is -3.54. The number of amides is 1. The molecule has 2 aromatic rings. The highest BCUT2D eigenvalue weighted by atomic mass is 32.2. The van der Waals surface area contributed by atoms with Crippen LogP contribution in [0.4, 0.5) is 0 Å². The SMILES string of the molecule is CSCc1cccc(C(=O)N2CCN(S(=O)(=O)c3ccc(C)c(C)c3)CC2)c1. The van der Waals surface area contributed by atoms with Gasteiger partial charge in [0.15, 0.2) is 0 Å². The van der Waals surface area contributed by atoms with Gasteiger partial charge in [0.25, 0.3) is 5.91 Å². The molecular formula is C21H26N2O3S2. The van der Waals surface area contributed by atoms with Crippen LogP contribution in [-0.2, 0) is 15.8 Å². The summed E-state index contributed by atoms with van der Waals surface area (Å²) in [4.78, 5) is 14.9. The normalized spacial score (nSPS) is 15.6. The monoisotopic (exact) mass is 418 g/mol. The number of carbonyl (C=O) groups is 1. The van der Waals surface area contributed by atoms with E-state index in [9.17, 15) is 13.2 Å². The highest BCUT2D eigenvalue weighted by molar-refractivity contribution is 7.97. The van der Waals surface area contributed by atoms with E-state index in [1.807, 2.05) is 50.4 Å². The number of aryl methyl sites for hydroxylation is 2. The van der Waals surface area contributed by atoms with Gasteiger partial charge >= 0.3 is 0 Å². The van der Waals surface area contributed by atoms with Gasteiger partial charge in [-0.2, -0.15) is 16.1 Å². The molecule has 0 N–H and O–H groups in total. The molecule has 1 fully saturated rings. The molecule has 150 valence electrons. The fourth-order valence-corrected chi connectivity index (χ4v) is 5.32. The van der Waals surface area contributed by atoms with Crippen LogP contribution in [0.1, 0.15) is 27.0 Å². The third-order valence-corrected chi connectivity index (χ3v) is 7.64. The van der Waals surface area contributed by atoms with E-state index in [0.29, 0.717) is 36.6 Å². The van der Waals surface area contributed by atoms with Crippen LogP contribution < -0.4 is 0 Å². The van der Waals surface area contributed by atoms with Crippen molar-refractivity contribution in [1.29, 1.82) is 0 Å². The lowest BCUT2D eigenvalue weighted by Gasteiger charge is -2.34. The highest BCUT2D eigenvalue weighted by Crippen LogP contribution is 2.21. The molecular weight excluding hydrogens is 392 g/mol. The maximum Gasteiger partial charge on any atom is 0.253 e. The Hall–Kier alpha value is -1.83. The average Bonchev–Trinajstić information content (AvgIpc) is 2.70. The molecule has 0 aliphatic carbocycles. The van der Waals surface area contributed by atoms with Crippen LogP contribution in [0.5, 0.6) is 0 Å². The minimum absolute atomic E-state index is 0.0359. The van der Waals surface area contributed by atoms with Crippen molar-refractivity contribution >= 4 is 27.7 Å². The summed E-state index contributed by atoms with van der Waals surface area (Å²) in [5.41, 5.74) is 3.81. The fraction of sp³-hybridized carbons (Fsp3) is 0.381. The van der Waals surface area contributed by atoms with Gasteiger partial charge in [0.2, 0.25) is 10.0 Å². The Kier molecular flexibility index (Phi) is 6.47. The maximum absolute atomic E-state index is 12.9. The Morgan fingerprint density at radius 3 is 2.36 bits per heavy atom. The molecule has 0 radical (unpaired) electrons. The van der Waals surface area contributed by atoms with E-state index in [-0.39, 0.29) is 5.91 Å². The number of rotatable bonds is 5.